The second kappa shape index (κ2) is 8.41. The van der Waals surface area contributed by atoms with Gasteiger partial charge in [-0.1, -0.05) is 30.3 Å². The van der Waals surface area contributed by atoms with Crippen molar-refractivity contribution in [1.82, 2.24) is 15.8 Å². The molecular weight excluding hydrogens is 369 g/mol. The van der Waals surface area contributed by atoms with E-state index in [4.69, 9.17) is 4.74 Å². The lowest BCUT2D eigenvalue weighted by molar-refractivity contribution is -0.123. The Hall–Kier alpha value is -3.26. The largest absolute Gasteiger partial charge is 0.484 e. The van der Waals surface area contributed by atoms with Crippen molar-refractivity contribution in [3.8, 4) is 17.0 Å². The van der Waals surface area contributed by atoms with Crippen LogP contribution in [0.4, 0.5) is 4.39 Å². The maximum absolute atomic E-state index is 12.8. The Morgan fingerprint density at radius 3 is 2.48 bits per heavy atom. The molecule has 0 unspecified atom stereocenters. The first-order valence-corrected chi connectivity index (χ1v) is 8.85. The number of aromatic nitrogens is 1. The van der Waals surface area contributed by atoms with Crippen LogP contribution in [-0.2, 0) is 4.79 Å². The molecule has 2 aromatic carbocycles. The molecule has 3 rings (SSSR count). The van der Waals surface area contributed by atoms with Gasteiger partial charge in [0, 0.05) is 5.56 Å². The van der Waals surface area contributed by atoms with E-state index in [1.807, 2.05) is 37.3 Å². The van der Waals surface area contributed by atoms with E-state index < -0.39 is 17.6 Å². The summed E-state index contributed by atoms with van der Waals surface area (Å²) in [4.78, 5) is 29.1. The summed E-state index contributed by atoms with van der Waals surface area (Å²) < 4.78 is 18.0. The van der Waals surface area contributed by atoms with Crippen LogP contribution in [0.2, 0.25) is 0 Å². The molecule has 1 heterocycles. The fraction of sp³-hybridized carbons (Fsp3) is 0.105. The van der Waals surface area contributed by atoms with Gasteiger partial charge in [-0.05, 0) is 31.2 Å². The molecule has 8 heteroatoms. The van der Waals surface area contributed by atoms with Gasteiger partial charge in [0.25, 0.3) is 11.8 Å². The Bertz CT molecular complexity index is 943. The van der Waals surface area contributed by atoms with Gasteiger partial charge in [0.05, 0.1) is 10.7 Å². The third-order valence-electron chi connectivity index (χ3n) is 3.49. The maximum Gasteiger partial charge on any atom is 0.282 e. The van der Waals surface area contributed by atoms with Crippen LogP contribution >= 0.6 is 11.3 Å². The highest BCUT2D eigenvalue weighted by molar-refractivity contribution is 7.14. The third kappa shape index (κ3) is 4.89. The summed E-state index contributed by atoms with van der Waals surface area (Å²) in [5, 5.41) is 0.741. The number of hydrogen-bond acceptors (Lipinski definition) is 5. The van der Waals surface area contributed by atoms with Crippen molar-refractivity contribution in [3.05, 3.63) is 70.3 Å². The molecule has 3 aromatic rings. The zero-order valence-electron chi connectivity index (χ0n) is 14.4. The topological polar surface area (TPSA) is 80.3 Å². The molecule has 0 radical (unpaired) electrons. The minimum atomic E-state index is -0.546. The van der Waals surface area contributed by atoms with E-state index in [0.717, 1.165) is 10.6 Å². The summed E-state index contributed by atoms with van der Waals surface area (Å²) in [6.45, 7) is 1.49. The normalized spacial score (nSPS) is 10.3. The van der Waals surface area contributed by atoms with Crippen molar-refractivity contribution in [2.45, 2.75) is 6.92 Å². The zero-order valence-corrected chi connectivity index (χ0v) is 15.2. The van der Waals surface area contributed by atoms with Crippen LogP contribution in [-0.4, -0.2) is 23.4 Å². The molecule has 0 aliphatic rings. The predicted octanol–water partition coefficient (Wildman–Crippen LogP) is 3.10. The van der Waals surface area contributed by atoms with Gasteiger partial charge in [-0.2, -0.15) is 0 Å². The number of halogens is 1. The number of amides is 2. The van der Waals surface area contributed by atoms with Crippen LogP contribution in [0.3, 0.4) is 0 Å². The molecule has 27 heavy (non-hydrogen) atoms. The molecule has 1 aromatic heterocycles. The van der Waals surface area contributed by atoms with Gasteiger partial charge >= 0.3 is 0 Å². The van der Waals surface area contributed by atoms with Crippen molar-refractivity contribution < 1.29 is 18.7 Å². The standard InChI is InChI=1S/C19H16FN3O3S/c1-12-21-17(13-5-3-2-4-6-13)18(27-12)19(25)23-22-16(24)11-26-15-9-7-14(20)8-10-15/h2-10H,11H2,1H3,(H,22,24)(H,23,25). The Balaban J connectivity index is 1.58. The van der Waals surface area contributed by atoms with Gasteiger partial charge in [-0.15, -0.1) is 11.3 Å². The molecule has 6 nitrogen and oxygen atoms in total. The van der Waals surface area contributed by atoms with E-state index in [9.17, 15) is 14.0 Å². The van der Waals surface area contributed by atoms with Crippen LogP contribution in [0.15, 0.2) is 54.6 Å². The molecular formula is C19H16FN3O3S. The molecule has 0 fully saturated rings. The van der Waals surface area contributed by atoms with Gasteiger partial charge in [0.2, 0.25) is 0 Å². The second-order valence-corrected chi connectivity index (χ2v) is 6.72. The molecule has 0 aliphatic carbocycles. The van der Waals surface area contributed by atoms with E-state index in [2.05, 4.69) is 15.8 Å². The highest BCUT2D eigenvalue weighted by Crippen LogP contribution is 2.27. The van der Waals surface area contributed by atoms with E-state index >= 15 is 0 Å². The molecule has 2 amide bonds. The lowest BCUT2D eigenvalue weighted by Crippen LogP contribution is -2.43. The predicted molar refractivity (Wildman–Crippen MR) is 99.8 cm³/mol. The summed E-state index contributed by atoms with van der Waals surface area (Å²) in [5.74, 6) is -1.06. The molecule has 0 spiro atoms. The maximum atomic E-state index is 12.8. The highest BCUT2D eigenvalue weighted by Gasteiger charge is 2.18. The number of hydrazine groups is 1. The first kappa shape index (κ1) is 18.5. The molecule has 2 N–H and O–H groups in total. The number of nitrogens with zero attached hydrogens (tertiary/aromatic N) is 1. The number of aryl methyl sites for hydroxylation is 1. The van der Waals surface area contributed by atoms with Gasteiger partial charge in [0.1, 0.15) is 16.4 Å². The van der Waals surface area contributed by atoms with Crippen molar-refractivity contribution >= 4 is 23.2 Å². The SMILES string of the molecule is Cc1nc(-c2ccccc2)c(C(=O)NNC(=O)COc2ccc(F)cc2)s1. The summed E-state index contributed by atoms with van der Waals surface area (Å²) in [7, 11) is 0. The van der Waals surface area contributed by atoms with Gasteiger partial charge in [-0.3, -0.25) is 20.4 Å². The van der Waals surface area contributed by atoms with Crippen LogP contribution < -0.4 is 15.6 Å². The van der Waals surface area contributed by atoms with E-state index in [-0.39, 0.29) is 6.61 Å². The van der Waals surface area contributed by atoms with E-state index in [0.29, 0.717) is 16.3 Å². The molecule has 138 valence electrons. The number of hydrogen-bond donors (Lipinski definition) is 2. The number of thiazole rings is 1. The summed E-state index contributed by atoms with van der Waals surface area (Å²) >= 11 is 1.24. The van der Waals surface area contributed by atoms with E-state index in [1.165, 1.54) is 35.6 Å². The highest BCUT2D eigenvalue weighted by atomic mass is 32.1. The van der Waals surface area contributed by atoms with Crippen LogP contribution in [0.25, 0.3) is 11.3 Å². The number of carbonyl (C=O) groups is 2. The Kier molecular flexibility index (Phi) is 5.77. The quantitative estimate of drug-likeness (QED) is 0.662. The average molecular weight is 385 g/mol. The number of nitrogens with one attached hydrogen (secondary N) is 2. The fourth-order valence-corrected chi connectivity index (χ4v) is 3.11. The van der Waals surface area contributed by atoms with Crippen LogP contribution in [0.5, 0.6) is 5.75 Å². The first-order valence-electron chi connectivity index (χ1n) is 8.03. The summed E-state index contributed by atoms with van der Waals surface area (Å²) in [6.07, 6.45) is 0. The number of rotatable bonds is 5. The lowest BCUT2D eigenvalue weighted by atomic mass is 10.1. The minimum Gasteiger partial charge on any atom is -0.484 e. The number of benzene rings is 2. The Morgan fingerprint density at radius 1 is 1.07 bits per heavy atom. The Morgan fingerprint density at radius 2 is 1.78 bits per heavy atom. The van der Waals surface area contributed by atoms with Gasteiger partial charge in [0.15, 0.2) is 6.61 Å². The number of carbonyl (C=O) groups excluding carboxylic acids is 2. The average Bonchev–Trinajstić information content (AvgIpc) is 3.08. The monoisotopic (exact) mass is 385 g/mol. The van der Waals surface area contributed by atoms with Crippen molar-refractivity contribution in [3.63, 3.8) is 0 Å². The molecule has 0 aliphatic heterocycles. The molecule has 0 atom stereocenters. The third-order valence-corrected chi connectivity index (χ3v) is 4.46. The molecule has 0 bridgehead atoms. The van der Waals surface area contributed by atoms with Crippen LogP contribution in [0.1, 0.15) is 14.7 Å². The summed E-state index contributed by atoms with van der Waals surface area (Å²) in [6, 6.07) is 14.6. The van der Waals surface area contributed by atoms with Crippen molar-refractivity contribution in [2.24, 2.45) is 0 Å². The Labute approximate surface area is 159 Å². The summed E-state index contributed by atoms with van der Waals surface area (Å²) in [5.41, 5.74) is 6.03. The smallest absolute Gasteiger partial charge is 0.282 e. The minimum absolute atomic E-state index is 0.320. The first-order chi connectivity index (χ1) is 13.0. The zero-order chi connectivity index (χ0) is 19.2. The van der Waals surface area contributed by atoms with Gasteiger partial charge < -0.3 is 4.74 Å². The fourth-order valence-electron chi connectivity index (χ4n) is 2.27. The second-order valence-electron chi connectivity index (χ2n) is 5.52. The van der Waals surface area contributed by atoms with Gasteiger partial charge in [-0.25, -0.2) is 9.37 Å². The van der Waals surface area contributed by atoms with E-state index in [1.54, 1.807) is 0 Å². The van der Waals surface area contributed by atoms with Crippen molar-refractivity contribution in [2.75, 3.05) is 6.61 Å². The molecule has 0 saturated carbocycles. The van der Waals surface area contributed by atoms with Crippen LogP contribution in [0, 0.1) is 12.7 Å². The lowest BCUT2D eigenvalue weighted by Gasteiger charge is -2.09. The number of ether oxygens (including phenoxy) is 1. The van der Waals surface area contributed by atoms with Crippen molar-refractivity contribution in [1.29, 1.82) is 0 Å². The molecule has 0 saturated heterocycles.